The van der Waals surface area contributed by atoms with Crippen LogP contribution in [0.15, 0.2) is 30.6 Å². The van der Waals surface area contributed by atoms with E-state index in [4.69, 9.17) is 4.74 Å². The average molecular weight is 466 g/mol. The van der Waals surface area contributed by atoms with Crippen LogP contribution in [0.3, 0.4) is 0 Å². The largest absolute Gasteiger partial charge is 0.460 e. The molecule has 2 fully saturated rings. The molecular weight excluding hydrogens is 434 g/mol. The van der Waals surface area contributed by atoms with Gasteiger partial charge in [0.15, 0.2) is 5.13 Å². The predicted octanol–water partition coefficient (Wildman–Crippen LogP) is 4.12. The molecule has 8 nitrogen and oxygen atoms in total. The van der Waals surface area contributed by atoms with E-state index >= 15 is 0 Å². The van der Waals surface area contributed by atoms with Crippen molar-refractivity contribution in [2.24, 2.45) is 0 Å². The van der Waals surface area contributed by atoms with E-state index in [0.29, 0.717) is 6.01 Å². The first-order valence-electron chi connectivity index (χ1n) is 11.8. The fourth-order valence-corrected chi connectivity index (χ4v) is 4.82. The highest BCUT2D eigenvalue weighted by atomic mass is 32.1. The lowest BCUT2D eigenvalue weighted by Gasteiger charge is -2.33. The quantitative estimate of drug-likeness (QED) is 0.532. The molecule has 1 saturated heterocycles. The maximum absolute atomic E-state index is 5.90. The number of ether oxygens (including phenoxy) is 1. The molecule has 1 aliphatic carbocycles. The molecule has 0 bridgehead atoms. The molecule has 0 aromatic carbocycles. The van der Waals surface area contributed by atoms with Gasteiger partial charge in [0, 0.05) is 50.8 Å². The molecule has 0 amide bonds. The van der Waals surface area contributed by atoms with Crippen LogP contribution in [0.25, 0.3) is 10.6 Å². The molecule has 0 atom stereocenters. The number of aryl methyl sites for hydroxylation is 1. The molecule has 1 N–H and O–H groups in total. The van der Waals surface area contributed by atoms with E-state index in [1.54, 1.807) is 11.3 Å². The van der Waals surface area contributed by atoms with Crippen molar-refractivity contribution in [3.63, 3.8) is 0 Å². The van der Waals surface area contributed by atoms with Gasteiger partial charge in [-0.15, -0.1) is 0 Å². The maximum Gasteiger partial charge on any atom is 0.317 e. The highest BCUT2D eigenvalue weighted by Gasteiger charge is 2.21. The Morgan fingerprint density at radius 2 is 1.88 bits per heavy atom. The summed E-state index contributed by atoms with van der Waals surface area (Å²) in [6.07, 6.45) is 7.45. The van der Waals surface area contributed by atoms with Gasteiger partial charge in [-0.05, 0) is 50.4 Å². The van der Waals surface area contributed by atoms with Crippen LogP contribution in [-0.2, 0) is 6.54 Å². The minimum absolute atomic E-state index is 0.258. The molecule has 4 heterocycles. The third-order valence-electron chi connectivity index (χ3n) is 6.29. The number of thiazole rings is 1. The number of hydrogen-bond acceptors (Lipinski definition) is 9. The Morgan fingerprint density at radius 3 is 2.58 bits per heavy atom. The number of aromatic nitrogens is 4. The lowest BCUT2D eigenvalue weighted by Crippen LogP contribution is -2.45. The number of nitrogens with one attached hydrogen (secondary N) is 1. The Bertz CT molecular complexity index is 1060. The van der Waals surface area contributed by atoms with E-state index in [2.05, 4.69) is 48.0 Å². The fourth-order valence-electron chi connectivity index (χ4n) is 4.03. The molecule has 3 aromatic heterocycles. The van der Waals surface area contributed by atoms with Crippen molar-refractivity contribution in [2.75, 3.05) is 38.0 Å². The van der Waals surface area contributed by atoms with Crippen molar-refractivity contribution < 1.29 is 4.74 Å². The zero-order chi connectivity index (χ0) is 22.6. The number of pyridine rings is 1. The van der Waals surface area contributed by atoms with Crippen molar-refractivity contribution in [1.82, 2.24) is 29.7 Å². The fraction of sp³-hybridized carbons (Fsp3) is 0.500. The molecule has 0 radical (unpaired) electrons. The zero-order valence-corrected chi connectivity index (χ0v) is 20.1. The van der Waals surface area contributed by atoms with Gasteiger partial charge in [0.2, 0.25) is 0 Å². The van der Waals surface area contributed by atoms with E-state index in [-0.39, 0.29) is 6.10 Å². The molecule has 2 aliphatic rings. The van der Waals surface area contributed by atoms with Crippen LogP contribution < -0.4 is 10.1 Å². The Hall–Kier alpha value is -2.62. The van der Waals surface area contributed by atoms with Crippen molar-refractivity contribution in [3.8, 4) is 16.6 Å². The smallest absolute Gasteiger partial charge is 0.317 e. The molecule has 5 rings (SSSR count). The maximum atomic E-state index is 5.90. The lowest BCUT2D eigenvalue weighted by molar-refractivity contribution is 0.108. The Kier molecular flexibility index (Phi) is 6.80. The molecule has 174 valence electrons. The minimum Gasteiger partial charge on any atom is -0.460 e. The summed E-state index contributed by atoms with van der Waals surface area (Å²) in [5.41, 5.74) is 2.97. The molecule has 0 unspecified atom stereocenters. The Morgan fingerprint density at radius 1 is 1.06 bits per heavy atom. The Balaban J connectivity index is 1.19. The van der Waals surface area contributed by atoms with Crippen LogP contribution in [0.5, 0.6) is 6.01 Å². The van der Waals surface area contributed by atoms with Gasteiger partial charge in [-0.25, -0.2) is 15.0 Å². The van der Waals surface area contributed by atoms with E-state index in [1.807, 2.05) is 31.5 Å². The summed E-state index contributed by atoms with van der Waals surface area (Å²) in [4.78, 5) is 24.1. The first kappa shape index (κ1) is 22.2. The van der Waals surface area contributed by atoms with Crippen LogP contribution in [-0.4, -0.2) is 68.6 Å². The second-order valence-corrected chi connectivity index (χ2v) is 9.80. The van der Waals surface area contributed by atoms with Crippen molar-refractivity contribution >= 4 is 22.3 Å². The number of anilines is 2. The summed E-state index contributed by atoms with van der Waals surface area (Å²) in [5, 5.41) is 4.11. The summed E-state index contributed by atoms with van der Waals surface area (Å²) in [6.45, 7) is 10.8. The number of rotatable bonds is 8. The van der Waals surface area contributed by atoms with Crippen LogP contribution in [0.2, 0.25) is 0 Å². The van der Waals surface area contributed by atoms with Crippen molar-refractivity contribution in [1.29, 1.82) is 0 Å². The molecule has 3 aromatic rings. The van der Waals surface area contributed by atoms with Gasteiger partial charge in [-0.1, -0.05) is 24.3 Å². The summed E-state index contributed by atoms with van der Waals surface area (Å²) in [6, 6.07) is 6.61. The normalized spacial score (nSPS) is 17.6. The molecule has 0 spiro atoms. The zero-order valence-electron chi connectivity index (χ0n) is 19.3. The molecule has 1 aliphatic heterocycles. The first-order chi connectivity index (χ1) is 16.1. The second kappa shape index (κ2) is 10.1. The summed E-state index contributed by atoms with van der Waals surface area (Å²) in [7, 11) is 0. The van der Waals surface area contributed by atoms with Gasteiger partial charge >= 0.3 is 6.01 Å². The first-order valence-corrected chi connectivity index (χ1v) is 12.6. The van der Waals surface area contributed by atoms with Crippen LogP contribution >= 0.6 is 11.3 Å². The number of likely N-dealkylation sites (N-methyl/N-ethyl adjacent to an activating group) is 1. The lowest BCUT2D eigenvalue weighted by atomic mass is 9.96. The summed E-state index contributed by atoms with van der Waals surface area (Å²) < 4.78 is 5.90. The number of piperazine rings is 1. The monoisotopic (exact) mass is 465 g/mol. The van der Waals surface area contributed by atoms with Crippen LogP contribution in [0.1, 0.15) is 37.4 Å². The highest BCUT2D eigenvalue weighted by molar-refractivity contribution is 7.18. The van der Waals surface area contributed by atoms with Crippen LogP contribution in [0, 0.1) is 6.92 Å². The summed E-state index contributed by atoms with van der Waals surface area (Å²) in [5.74, 6) is 0.795. The number of hydrogen-bond donors (Lipinski definition) is 1. The predicted molar refractivity (Wildman–Crippen MR) is 131 cm³/mol. The van der Waals surface area contributed by atoms with E-state index in [1.165, 1.54) is 12.0 Å². The average Bonchev–Trinajstić information content (AvgIpc) is 3.26. The summed E-state index contributed by atoms with van der Waals surface area (Å²) >= 11 is 1.55. The third-order valence-corrected chi connectivity index (χ3v) is 7.23. The third kappa shape index (κ3) is 5.66. The van der Waals surface area contributed by atoms with E-state index in [9.17, 15) is 0 Å². The number of nitrogens with zero attached hydrogens (tertiary/aromatic N) is 6. The van der Waals surface area contributed by atoms with Crippen molar-refractivity contribution in [3.05, 3.63) is 41.9 Å². The standard InChI is InChI=1S/C24H31N7OS/c1-3-30-9-11-31(12-10-30)16-18-7-8-22(25-14-18)29-24-26-15-21(33-24)20-13-17(2)27-23(28-20)32-19-5-4-6-19/h7-8,13-15,19H,3-6,9-12,16H2,1-2H3,(H,25,26,29). The van der Waals surface area contributed by atoms with E-state index in [0.717, 1.165) is 79.3 Å². The van der Waals surface area contributed by atoms with Gasteiger partial charge in [0.25, 0.3) is 0 Å². The van der Waals surface area contributed by atoms with Crippen LogP contribution in [0.4, 0.5) is 10.9 Å². The minimum atomic E-state index is 0.258. The molecule has 9 heteroatoms. The van der Waals surface area contributed by atoms with Gasteiger partial charge in [-0.3, -0.25) is 4.90 Å². The molecular formula is C24H31N7OS. The SMILES string of the molecule is CCN1CCN(Cc2ccc(Nc3ncc(-c4cc(C)nc(OC5CCC5)n4)s3)nc2)CC1. The van der Waals surface area contributed by atoms with Gasteiger partial charge in [0.1, 0.15) is 11.9 Å². The van der Waals surface area contributed by atoms with Gasteiger partial charge < -0.3 is 15.0 Å². The van der Waals surface area contributed by atoms with Crippen molar-refractivity contribution in [2.45, 2.75) is 45.8 Å². The van der Waals surface area contributed by atoms with Gasteiger partial charge in [-0.2, -0.15) is 4.98 Å². The Labute approximate surface area is 199 Å². The molecule has 1 saturated carbocycles. The molecule has 33 heavy (non-hydrogen) atoms. The second-order valence-electron chi connectivity index (χ2n) is 8.76. The highest BCUT2D eigenvalue weighted by Crippen LogP contribution is 2.31. The topological polar surface area (TPSA) is 79.3 Å². The van der Waals surface area contributed by atoms with Gasteiger partial charge in [0.05, 0.1) is 10.6 Å². The van der Waals surface area contributed by atoms with E-state index < -0.39 is 0 Å².